The van der Waals surface area contributed by atoms with E-state index < -0.39 is 11.4 Å². The molecule has 6 nitrogen and oxygen atoms in total. The van der Waals surface area contributed by atoms with Crippen LogP contribution >= 0.6 is 0 Å². The van der Waals surface area contributed by atoms with Gasteiger partial charge in [-0.2, -0.15) is 4.98 Å². The first-order chi connectivity index (χ1) is 12.6. The van der Waals surface area contributed by atoms with Gasteiger partial charge in [-0.1, -0.05) is 12.1 Å². The van der Waals surface area contributed by atoms with Crippen molar-refractivity contribution in [3.63, 3.8) is 0 Å². The van der Waals surface area contributed by atoms with Crippen LogP contribution in [0.3, 0.4) is 0 Å². The molecule has 4 rings (SSSR count). The Kier molecular flexibility index (Phi) is 3.76. The number of methoxy groups -OCH3 is 2. The van der Waals surface area contributed by atoms with Gasteiger partial charge < -0.3 is 13.9 Å². The molecule has 4 aromatic rings. The molecular weight excluding hydrogens is 339 g/mol. The number of halogens is 1. The average molecular weight is 352 g/mol. The first kappa shape index (κ1) is 16.0. The van der Waals surface area contributed by atoms with E-state index in [9.17, 15) is 9.18 Å². The molecule has 0 fully saturated rings. The fourth-order valence-corrected chi connectivity index (χ4v) is 2.74. The lowest BCUT2D eigenvalue weighted by Crippen LogP contribution is -2.05. The molecule has 2 aromatic carbocycles. The Morgan fingerprint density at radius 1 is 1.00 bits per heavy atom. The van der Waals surface area contributed by atoms with Crippen molar-refractivity contribution in [1.29, 1.82) is 0 Å². The first-order valence-electron chi connectivity index (χ1n) is 7.73. The van der Waals surface area contributed by atoms with Crippen LogP contribution in [0.1, 0.15) is 0 Å². The highest BCUT2D eigenvalue weighted by molar-refractivity contribution is 5.92. The number of rotatable bonds is 3. The second-order valence-electron chi connectivity index (χ2n) is 5.55. The maximum Gasteiger partial charge on any atom is 0.348 e. The molecule has 7 heteroatoms. The minimum absolute atomic E-state index is 0.0979. The molecule has 2 heterocycles. The predicted molar refractivity (Wildman–Crippen MR) is 94.1 cm³/mol. The van der Waals surface area contributed by atoms with Crippen molar-refractivity contribution in [3.05, 3.63) is 58.7 Å². The highest BCUT2D eigenvalue weighted by atomic mass is 19.1. The van der Waals surface area contributed by atoms with E-state index in [1.54, 1.807) is 30.3 Å². The summed E-state index contributed by atoms with van der Waals surface area (Å²) in [4.78, 5) is 21.0. The van der Waals surface area contributed by atoms with Crippen LogP contribution in [0, 0.1) is 5.82 Å². The van der Waals surface area contributed by atoms with E-state index in [2.05, 4.69) is 9.97 Å². The predicted octanol–water partition coefficient (Wildman–Crippen LogP) is 3.56. The van der Waals surface area contributed by atoms with Crippen LogP contribution in [0.25, 0.3) is 33.4 Å². The molecule has 0 aliphatic heterocycles. The quantitative estimate of drug-likeness (QED) is 0.525. The van der Waals surface area contributed by atoms with Crippen LogP contribution in [-0.2, 0) is 0 Å². The Hall–Kier alpha value is -3.48. The van der Waals surface area contributed by atoms with Gasteiger partial charge in [0.25, 0.3) is 0 Å². The Bertz CT molecular complexity index is 1200. The fourth-order valence-electron chi connectivity index (χ4n) is 2.74. The number of pyridine rings is 1. The van der Waals surface area contributed by atoms with Gasteiger partial charge in [-0.25, -0.2) is 14.2 Å². The molecule has 0 saturated carbocycles. The second kappa shape index (κ2) is 6.11. The molecule has 0 atom stereocenters. The summed E-state index contributed by atoms with van der Waals surface area (Å²) in [5, 5.41) is 0.868. The standard InChI is InChI=1S/C19H13FN2O4/c1-24-15-8-10-7-12-17(21-14(10)9-16(15)25-2)22-18(26-19(12)23)11-5-3-4-6-13(11)20/h3-9H,1-2H3. The number of fused-ring (bicyclic) bond motifs is 2. The summed E-state index contributed by atoms with van der Waals surface area (Å²) in [5.74, 6) is 0.369. The van der Waals surface area contributed by atoms with Crippen LogP contribution in [0.5, 0.6) is 11.5 Å². The summed E-state index contributed by atoms with van der Waals surface area (Å²) < 4.78 is 29.7. The molecule has 0 saturated heterocycles. The van der Waals surface area contributed by atoms with E-state index >= 15 is 0 Å². The summed E-state index contributed by atoms with van der Waals surface area (Å²) >= 11 is 0. The van der Waals surface area contributed by atoms with E-state index in [-0.39, 0.29) is 22.5 Å². The number of hydrogen-bond donors (Lipinski definition) is 0. The molecule has 0 bridgehead atoms. The van der Waals surface area contributed by atoms with E-state index in [4.69, 9.17) is 13.9 Å². The molecule has 0 N–H and O–H groups in total. The topological polar surface area (TPSA) is 74.5 Å². The highest BCUT2D eigenvalue weighted by Gasteiger charge is 2.15. The van der Waals surface area contributed by atoms with Gasteiger partial charge in [-0.3, -0.25) is 0 Å². The molecule has 130 valence electrons. The van der Waals surface area contributed by atoms with Gasteiger partial charge >= 0.3 is 5.63 Å². The number of nitrogens with zero attached hydrogens (tertiary/aromatic N) is 2. The molecule has 0 amide bonds. The number of ether oxygens (including phenoxy) is 2. The van der Waals surface area contributed by atoms with Crippen LogP contribution < -0.4 is 15.1 Å². The first-order valence-corrected chi connectivity index (χ1v) is 7.73. The van der Waals surface area contributed by atoms with Gasteiger partial charge in [0.15, 0.2) is 17.1 Å². The average Bonchev–Trinajstić information content (AvgIpc) is 2.65. The van der Waals surface area contributed by atoms with E-state index in [0.29, 0.717) is 22.4 Å². The van der Waals surface area contributed by atoms with Crippen LogP contribution in [0.2, 0.25) is 0 Å². The minimum Gasteiger partial charge on any atom is -0.493 e. The van der Waals surface area contributed by atoms with Crippen molar-refractivity contribution in [2.45, 2.75) is 0 Å². The SMILES string of the molecule is COc1cc2cc3c(=O)oc(-c4ccccc4F)nc3nc2cc1OC. The zero-order valence-corrected chi connectivity index (χ0v) is 13.9. The van der Waals surface area contributed by atoms with Gasteiger partial charge in [-0.15, -0.1) is 0 Å². The Morgan fingerprint density at radius 3 is 2.46 bits per heavy atom. The Balaban J connectivity index is 2.00. The zero-order valence-electron chi connectivity index (χ0n) is 13.9. The summed E-state index contributed by atoms with van der Waals surface area (Å²) in [7, 11) is 3.04. The number of aromatic nitrogens is 2. The van der Waals surface area contributed by atoms with Gasteiger partial charge in [-0.05, 0) is 24.3 Å². The largest absolute Gasteiger partial charge is 0.493 e. The number of hydrogen-bond acceptors (Lipinski definition) is 6. The van der Waals surface area contributed by atoms with Crippen LogP contribution in [-0.4, -0.2) is 24.2 Å². The lowest BCUT2D eigenvalue weighted by molar-refractivity contribution is 0.356. The molecule has 0 radical (unpaired) electrons. The van der Waals surface area contributed by atoms with E-state index in [1.807, 2.05) is 0 Å². The van der Waals surface area contributed by atoms with Crippen molar-refractivity contribution in [2.24, 2.45) is 0 Å². The van der Waals surface area contributed by atoms with Gasteiger partial charge in [0.05, 0.1) is 25.3 Å². The molecule has 2 aromatic heterocycles. The van der Waals surface area contributed by atoms with Crippen LogP contribution in [0.4, 0.5) is 4.39 Å². The molecular formula is C19H13FN2O4. The molecule has 0 aliphatic carbocycles. The molecule has 0 spiro atoms. The summed E-state index contributed by atoms with van der Waals surface area (Å²) in [5.41, 5.74) is 0.185. The van der Waals surface area contributed by atoms with Crippen molar-refractivity contribution in [1.82, 2.24) is 9.97 Å². The normalized spacial score (nSPS) is 11.0. The van der Waals surface area contributed by atoms with Gasteiger partial charge in [0.2, 0.25) is 5.89 Å². The summed E-state index contributed by atoms with van der Waals surface area (Å²) in [6.45, 7) is 0. The third-order valence-corrected chi connectivity index (χ3v) is 4.02. The van der Waals surface area contributed by atoms with E-state index in [1.165, 1.54) is 26.4 Å². The maximum absolute atomic E-state index is 14.0. The molecule has 0 aliphatic rings. The van der Waals surface area contributed by atoms with Crippen molar-refractivity contribution >= 4 is 21.9 Å². The molecule has 0 unspecified atom stereocenters. The maximum atomic E-state index is 14.0. The lowest BCUT2D eigenvalue weighted by Gasteiger charge is -2.09. The second-order valence-corrected chi connectivity index (χ2v) is 5.55. The summed E-state index contributed by atoms with van der Waals surface area (Å²) in [6, 6.07) is 11.0. The van der Waals surface area contributed by atoms with Crippen LogP contribution in [0.15, 0.2) is 51.7 Å². The monoisotopic (exact) mass is 352 g/mol. The van der Waals surface area contributed by atoms with Gasteiger partial charge in [0, 0.05) is 11.5 Å². The van der Waals surface area contributed by atoms with Crippen molar-refractivity contribution in [3.8, 4) is 23.0 Å². The molecule has 26 heavy (non-hydrogen) atoms. The minimum atomic E-state index is -0.641. The third kappa shape index (κ3) is 2.54. The number of benzene rings is 2. The van der Waals surface area contributed by atoms with Gasteiger partial charge in [0.1, 0.15) is 11.2 Å². The summed E-state index contributed by atoms with van der Waals surface area (Å²) in [6.07, 6.45) is 0. The zero-order chi connectivity index (χ0) is 18.3. The van der Waals surface area contributed by atoms with Crippen molar-refractivity contribution < 1.29 is 18.3 Å². The van der Waals surface area contributed by atoms with Crippen molar-refractivity contribution in [2.75, 3.05) is 14.2 Å². The third-order valence-electron chi connectivity index (χ3n) is 4.02. The smallest absolute Gasteiger partial charge is 0.348 e. The lowest BCUT2D eigenvalue weighted by atomic mass is 10.1. The Labute approximate surface area is 146 Å². The van der Waals surface area contributed by atoms with E-state index in [0.717, 1.165) is 0 Å². The fraction of sp³-hybridized carbons (Fsp3) is 0.105. The Morgan fingerprint density at radius 2 is 1.73 bits per heavy atom. The highest BCUT2D eigenvalue weighted by Crippen LogP contribution is 2.32.